The highest BCUT2D eigenvalue weighted by Gasteiger charge is 2.36. The number of unbranched alkanes of at least 4 members (excludes halogenated alkanes) is 2. The van der Waals surface area contributed by atoms with Gasteiger partial charge in [-0.2, -0.15) is 0 Å². The summed E-state index contributed by atoms with van der Waals surface area (Å²) in [7, 11) is -0.939. The van der Waals surface area contributed by atoms with Gasteiger partial charge >= 0.3 is 0 Å². The number of alkyl halides is 2. The van der Waals surface area contributed by atoms with E-state index in [1.165, 1.54) is 69.9 Å². The number of rotatable bonds is 11. The van der Waals surface area contributed by atoms with Crippen molar-refractivity contribution in [3.05, 3.63) is 29.6 Å². The summed E-state index contributed by atoms with van der Waals surface area (Å²) in [5.74, 6) is 2.03. The first kappa shape index (κ1) is 25.6. The predicted octanol–water partition coefficient (Wildman–Crippen LogP) is 8.89. The van der Waals surface area contributed by atoms with Crippen molar-refractivity contribution in [1.82, 2.24) is 0 Å². The van der Waals surface area contributed by atoms with Crippen molar-refractivity contribution in [3.63, 3.8) is 0 Å². The van der Waals surface area contributed by atoms with Gasteiger partial charge in [0.05, 0.1) is 8.07 Å². The van der Waals surface area contributed by atoms with Crippen molar-refractivity contribution in [2.75, 3.05) is 6.61 Å². The highest BCUT2D eigenvalue weighted by Crippen LogP contribution is 2.44. The molecule has 2 fully saturated rings. The maximum Gasteiger partial charge on any atom is 0.272 e. The summed E-state index contributed by atoms with van der Waals surface area (Å²) in [6.45, 7) is 4.21. The van der Waals surface area contributed by atoms with E-state index >= 15 is 0 Å². The molecule has 1 saturated heterocycles. The SMILES string of the molecule is CCCCC[Si@]1(C)CC[C@@H](C2CCC(CCc3ccc(OCC(F)F)c(F)c3)CC2)CC1. The highest BCUT2D eigenvalue weighted by atomic mass is 28.3. The molecule has 0 radical (unpaired) electrons. The molecule has 0 bridgehead atoms. The molecule has 0 unspecified atom stereocenters. The quantitative estimate of drug-likeness (QED) is 0.233. The highest BCUT2D eigenvalue weighted by molar-refractivity contribution is 6.78. The molecule has 2 aliphatic rings. The molecule has 3 rings (SSSR count). The number of halogens is 3. The van der Waals surface area contributed by atoms with Crippen molar-refractivity contribution >= 4 is 8.07 Å². The van der Waals surface area contributed by atoms with E-state index in [-0.39, 0.29) is 5.75 Å². The van der Waals surface area contributed by atoms with Gasteiger partial charge in [-0.05, 0) is 61.1 Å². The van der Waals surface area contributed by atoms with Crippen molar-refractivity contribution in [1.29, 1.82) is 0 Å². The lowest BCUT2D eigenvalue weighted by Gasteiger charge is -2.41. The molecule has 0 N–H and O–H groups in total. The number of ether oxygens (including phenoxy) is 1. The minimum atomic E-state index is -2.59. The Bertz CT molecular complexity index is 679. The number of aryl methyl sites for hydroxylation is 1. The zero-order chi connectivity index (χ0) is 23.0. The Morgan fingerprint density at radius 1 is 1.00 bits per heavy atom. The van der Waals surface area contributed by atoms with Gasteiger partial charge < -0.3 is 4.74 Å². The molecule has 1 aliphatic carbocycles. The van der Waals surface area contributed by atoms with Crippen LogP contribution in [0.1, 0.15) is 76.7 Å². The molecular formula is C27H43F3OSi. The van der Waals surface area contributed by atoms with E-state index in [1.807, 2.05) is 6.07 Å². The Kier molecular flexibility index (Phi) is 10.0. The van der Waals surface area contributed by atoms with E-state index in [0.29, 0.717) is 0 Å². The average molecular weight is 469 g/mol. The van der Waals surface area contributed by atoms with Crippen LogP contribution in [0.3, 0.4) is 0 Å². The third-order valence-electron chi connectivity index (χ3n) is 8.38. The van der Waals surface area contributed by atoms with Gasteiger partial charge in [-0.25, -0.2) is 13.2 Å². The largest absolute Gasteiger partial charge is 0.485 e. The molecule has 5 heteroatoms. The van der Waals surface area contributed by atoms with Crippen LogP contribution in [0.15, 0.2) is 18.2 Å². The van der Waals surface area contributed by atoms with E-state index in [2.05, 4.69) is 13.5 Å². The van der Waals surface area contributed by atoms with E-state index < -0.39 is 26.9 Å². The van der Waals surface area contributed by atoms with Gasteiger partial charge in [-0.3, -0.25) is 0 Å². The van der Waals surface area contributed by atoms with Crippen LogP contribution in [-0.2, 0) is 6.42 Å². The fourth-order valence-corrected chi connectivity index (χ4v) is 10.1. The third kappa shape index (κ3) is 7.81. The van der Waals surface area contributed by atoms with Gasteiger partial charge in [-0.1, -0.05) is 82.6 Å². The van der Waals surface area contributed by atoms with E-state index in [4.69, 9.17) is 4.74 Å². The first-order valence-electron chi connectivity index (χ1n) is 13.1. The average Bonchev–Trinajstić information content (AvgIpc) is 2.78. The fourth-order valence-electron chi connectivity index (χ4n) is 6.15. The van der Waals surface area contributed by atoms with E-state index in [9.17, 15) is 13.2 Å². The monoisotopic (exact) mass is 468 g/mol. The summed E-state index contributed by atoms with van der Waals surface area (Å²) < 4.78 is 43.4. The lowest BCUT2D eigenvalue weighted by atomic mass is 9.73. The van der Waals surface area contributed by atoms with E-state index in [1.54, 1.807) is 18.1 Å². The van der Waals surface area contributed by atoms with Crippen LogP contribution >= 0.6 is 0 Å². The van der Waals surface area contributed by atoms with Crippen LogP contribution in [0.2, 0.25) is 24.7 Å². The summed E-state index contributed by atoms with van der Waals surface area (Å²) in [6.07, 6.45) is 11.9. The van der Waals surface area contributed by atoms with Crippen LogP contribution in [-0.4, -0.2) is 21.1 Å². The molecule has 1 heterocycles. The minimum Gasteiger partial charge on any atom is -0.485 e. The van der Waals surface area contributed by atoms with Crippen LogP contribution < -0.4 is 4.74 Å². The summed E-state index contributed by atoms with van der Waals surface area (Å²) in [4.78, 5) is 0. The van der Waals surface area contributed by atoms with E-state index in [0.717, 1.165) is 36.2 Å². The maximum atomic E-state index is 14.1. The standard InChI is InChI=1S/C27H43F3OSi/c1-3-4-5-16-32(2)17-14-24(15-18-32)23-11-8-21(9-12-23)6-7-22-10-13-26(25(28)19-22)31-20-27(29)30/h10,13,19,21,23-24,27H,3-9,11-12,14-18,20H2,1-2H3/t21?,23?,24-,32-. The van der Waals surface area contributed by atoms with Gasteiger partial charge in [0.25, 0.3) is 6.43 Å². The second-order valence-electron chi connectivity index (χ2n) is 10.9. The van der Waals surface area contributed by atoms with Crippen LogP contribution in [0.25, 0.3) is 0 Å². The summed E-state index contributed by atoms with van der Waals surface area (Å²) in [5, 5.41) is 0. The molecule has 0 aromatic heterocycles. The molecule has 1 saturated carbocycles. The Morgan fingerprint density at radius 3 is 2.31 bits per heavy atom. The van der Waals surface area contributed by atoms with Crippen molar-refractivity contribution in [2.24, 2.45) is 17.8 Å². The Morgan fingerprint density at radius 2 is 1.69 bits per heavy atom. The fraction of sp³-hybridized carbons (Fsp3) is 0.778. The third-order valence-corrected chi connectivity index (χ3v) is 12.9. The lowest BCUT2D eigenvalue weighted by Crippen LogP contribution is -2.37. The Balaban J connectivity index is 1.36. The van der Waals surface area contributed by atoms with Crippen molar-refractivity contribution in [3.8, 4) is 5.75 Å². The molecule has 32 heavy (non-hydrogen) atoms. The summed E-state index contributed by atoms with van der Waals surface area (Å²) in [6, 6.07) is 9.44. The van der Waals surface area contributed by atoms with Crippen molar-refractivity contribution in [2.45, 2.75) is 109 Å². The second-order valence-corrected chi connectivity index (χ2v) is 16.0. The zero-order valence-corrected chi connectivity index (χ0v) is 21.2. The predicted molar refractivity (Wildman–Crippen MR) is 130 cm³/mol. The van der Waals surface area contributed by atoms with Gasteiger partial charge in [0.2, 0.25) is 0 Å². The van der Waals surface area contributed by atoms with Gasteiger partial charge in [0.1, 0.15) is 6.61 Å². The Labute approximate surface area is 194 Å². The lowest BCUT2D eigenvalue weighted by molar-refractivity contribution is 0.0799. The molecule has 1 aromatic rings. The van der Waals surface area contributed by atoms with Crippen LogP contribution in [0.4, 0.5) is 13.2 Å². The molecular weight excluding hydrogens is 425 g/mol. The minimum absolute atomic E-state index is 0.0773. The molecule has 182 valence electrons. The molecule has 0 spiro atoms. The smallest absolute Gasteiger partial charge is 0.272 e. The summed E-state index contributed by atoms with van der Waals surface area (Å²) in [5.41, 5.74) is 0.939. The van der Waals surface area contributed by atoms with Crippen LogP contribution in [0.5, 0.6) is 5.75 Å². The van der Waals surface area contributed by atoms with Gasteiger partial charge in [0.15, 0.2) is 11.6 Å². The zero-order valence-electron chi connectivity index (χ0n) is 20.2. The normalized spacial score (nSPS) is 28.8. The summed E-state index contributed by atoms with van der Waals surface area (Å²) >= 11 is 0. The van der Waals surface area contributed by atoms with Crippen LogP contribution in [0, 0.1) is 23.6 Å². The number of benzene rings is 1. The first-order chi connectivity index (χ1) is 15.4. The van der Waals surface area contributed by atoms with Crippen molar-refractivity contribution < 1.29 is 17.9 Å². The topological polar surface area (TPSA) is 9.23 Å². The second kappa shape index (κ2) is 12.5. The molecule has 1 aromatic carbocycles. The Hall–Kier alpha value is -0.973. The van der Waals surface area contributed by atoms with Gasteiger partial charge in [-0.15, -0.1) is 0 Å². The maximum absolute atomic E-state index is 14.1. The molecule has 1 nitrogen and oxygen atoms in total. The molecule has 0 atom stereocenters. The molecule has 0 amide bonds. The molecule has 1 aliphatic heterocycles. The number of hydrogen-bond donors (Lipinski definition) is 0. The first-order valence-corrected chi connectivity index (χ1v) is 16.2. The number of hydrogen-bond acceptors (Lipinski definition) is 1. The van der Waals surface area contributed by atoms with Gasteiger partial charge in [0, 0.05) is 0 Å².